The van der Waals surface area contributed by atoms with Gasteiger partial charge in [-0.25, -0.2) is 4.79 Å². The molecule has 18 atom stereocenters. The van der Waals surface area contributed by atoms with Crippen molar-refractivity contribution in [1.29, 1.82) is 0 Å². The smallest absolute Gasteiger partial charge is 0.330 e. The zero-order valence-corrected chi connectivity index (χ0v) is 65.4. The molecular formula is C78H99Cl2N11O24. The van der Waals surface area contributed by atoms with Crippen molar-refractivity contribution >= 4 is 76.4 Å². The number of benzene rings is 5. The first-order valence-electron chi connectivity index (χ1n) is 37.9. The van der Waals surface area contributed by atoms with Crippen LogP contribution in [0, 0.1) is 5.92 Å². The zero-order chi connectivity index (χ0) is 83.6. The number of rotatable bonds is 25. The SMILES string of the molecule is CCCCCCCCCCNC(=O)CN[C@@]1(C)C[C@H](O[C@H]2[C@H](Oc3c4cc5cc3Oc3ccc(cc3Cl)[C@@H](O)[C@@H](NC(=O)[C@@H](CC(C)C)NC)C(=O)N[C@@H](CC(N)=O)C(=O)N[C@H]5C(=O)N[C@H]3C(=O)N[C@H](C(=O)N[C@H](C(=O)O)c5cc(O)cc(O)c5-c5cc3ccc5O)[C@H](O)c3ccc(c(Cl)c3)O4)O[C@H](CN)[C@@H](O)[C@@H]2O)O[C@@H](C)[C@H]1O. The first-order valence-corrected chi connectivity index (χ1v) is 38.7. The Balaban J connectivity index is 1.16. The van der Waals surface area contributed by atoms with E-state index in [2.05, 4.69) is 54.8 Å². The van der Waals surface area contributed by atoms with Gasteiger partial charge in [0.1, 0.15) is 89.5 Å². The molecule has 35 nitrogen and oxygen atoms in total. The number of hydrogen-bond donors (Lipinski definition) is 20. The third-order valence-electron chi connectivity index (χ3n) is 20.8. The molecule has 12 rings (SSSR count). The van der Waals surface area contributed by atoms with E-state index in [1.807, 2.05) is 13.8 Å². The Morgan fingerprint density at radius 2 is 1.30 bits per heavy atom. The Morgan fingerprint density at radius 3 is 1.90 bits per heavy atom. The van der Waals surface area contributed by atoms with Gasteiger partial charge in [0.05, 0.1) is 41.3 Å². The van der Waals surface area contributed by atoms with Crippen molar-refractivity contribution in [2.75, 3.05) is 26.7 Å². The predicted molar refractivity (Wildman–Crippen MR) is 411 cm³/mol. The fraction of sp³-hybridized carbons (Fsp3) is 0.500. The number of amides is 8. The van der Waals surface area contributed by atoms with Gasteiger partial charge in [0, 0.05) is 47.8 Å². The van der Waals surface area contributed by atoms with Gasteiger partial charge in [0.2, 0.25) is 59.3 Å². The molecule has 0 aromatic heterocycles. The summed E-state index contributed by atoms with van der Waals surface area (Å²) >= 11 is 14.3. The van der Waals surface area contributed by atoms with Crippen molar-refractivity contribution < 1.29 is 118 Å². The fourth-order valence-corrected chi connectivity index (χ4v) is 15.0. The maximum atomic E-state index is 16.2. The first kappa shape index (κ1) is 87.7. The lowest BCUT2D eigenvalue weighted by atomic mass is 9.85. The number of nitrogens with one attached hydrogen (secondary N) is 9. The third kappa shape index (κ3) is 20.7. The number of carbonyl (C=O) groups is 9. The number of carboxylic acids is 1. The van der Waals surface area contributed by atoms with Crippen LogP contribution in [-0.4, -0.2) is 205 Å². The molecule has 0 spiro atoms. The molecule has 2 fully saturated rings. The lowest BCUT2D eigenvalue weighted by Gasteiger charge is -2.48. The summed E-state index contributed by atoms with van der Waals surface area (Å²) in [5.41, 5.74) is 7.82. The molecule has 0 saturated carbocycles. The minimum atomic E-state index is -2.35. The molecule has 0 radical (unpaired) electrons. The Labute approximate surface area is 671 Å². The summed E-state index contributed by atoms with van der Waals surface area (Å²) in [7, 11) is 1.48. The second-order valence-corrected chi connectivity index (χ2v) is 30.7. The van der Waals surface area contributed by atoms with Crippen molar-refractivity contribution in [2.24, 2.45) is 17.4 Å². The molecule has 5 aromatic rings. The predicted octanol–water partition coefficient (Wildman–Crippen LogP) is 2.96. The van der Waals surface area contributed by atoms with Gasteiger partial charge in [-0.15, -0.1) is 0 Å². The highest BCUT2D eigenvalue weighted by Gasteiger charge is 2.52. The molecule has 8 amide bonds. The number of aliphatic carboxylic acids is 1. The number of aliphatic hydroxyl groups is 5. The van der Waals surface area contributed by atoms with E-state index in [0.717, 1.165) is 105 Å². The molecule has 5 aromatic carbocycles. The minimum absolute atomic E-state index is 0.104. The Hall–Kier alpha value is -9.73. The van der Waals surface area contributed by atoms with Crippen LogP contribution in [0.25, 0.3) is 11.1 Å². The van der Waals surface area contributed by atoms with Gasteiger partial charge in [-0.3, -0.25) is 38.4 Å². The molecule has 11 bridgehead atoms. The van der Waals surface area contributed by atoms with Crippen LogP contribution >= 0.6 is 23.2 Å². The Bertz CT molecular complexity index is 4430. The number of carboxylic acid groups (broad SMARTS) is 1. The molecule has 2 saturated heterocycles. The largest absolute Gasteiger partial charge is 0.508 e. The number of aliphatic hydroxyl groups excluding tert-OH is 5. The van der Waals surface area contributed by atoms with Crippen molar-refractivity contribution in [3.8, 4) is 57.1 Å². The van der Waals surface area contributed by atoms with Crippen molar-refractivity contribution in [3.05, 3.63) is 117 Å². The van der Waals surface area contributed by atoms with E-state index in [9.17, 15) is 74.7 Å². The number of hydrogen-bond acceptors (Lipinski definition) is 26. The van der Waals surface area contributed by atoms with Gasteiger partial charge in [-0.1, -0.05) is 107 Å². The van der Waals surface area contributed by atoms with Gasteiger partial charge in [-0.2, -0.15) is 0 Å². The van der Waals surface area contributed by atoms with Gasteiger partial charge in [-0.05, 0) is 117 Å². The first-order chi connectivity index (χ1) is 54.6. The monoisotopic (exact) mass is 1640 g/mol. The van der Waals surface area contributed by atoms with E-state index >= 15 is 14.4 Å². The molecule has 7 heterocycles. The summed E-state index contributed by atoms with van der Waals surface area (Å²) in [5, 5.41) is 128. The second-order valence-electron chi connectivity index (χ2n) is 29.9. The number of primary amides is 1. The van der Waals surface area contributed by atoms with Crippen molar-refractivity contribution in [2.45, 2.75) is 214 Å². The number of ether oxygens (including phenoxy) is 6. The average Bonchev–Trinajstić information content (AvgIpc) is 0.768. The number of unbranched alkanes of at least 4 members (excludes halogenated alkanes) is 7. The molecule has 7 aliphatic heterocycles. The Morgan fingerprint density at radius 1 is 0.687 bits per heavy atom. The number of aromatic hydroxyl groups is 3. The Kier molecular flexibility index (Phi) is 29.2. The number of likely N-dealkylation sites (N-methyl/N-ethyl adjacent to an activating group) is 1. The number of halogens is 2. The summed E-state index contributed by atoms with van der Waals surface area (Å²) in [4.78, 5) is 131. The van der Waals surface area contributed by atoms with E-state index in [4.69, 9.17) is 63.1 Å². The van der Waals surface area contributed by atoms with E-state index in [1.165, 1.54) is 38.9 Å². The maximum Gasteiger partial charge on any atom is 0.330 e. The van der Waals surface area contributed by atoms with E-state index < -0.39 is 231 Å². The fourth-order valence-electron chi connectivity index (χ4n) is 14.5. The number of carbonyl (C=O) groups excluding carboxylic acids is 8. The quantitative estimate of drug-likeness (QED) is 0.0373. The second kappa shape index (κ2) is 38.4. The van der Waals surface area contributed by atoms with Crippen LogP contribution in [-0.2, 0) is 57.4 Å². The summed E-state index contributed by atoms with van der Waals surface area (Å²) in [6.45, 7) is 8.62. The van der Waals surface area contributed by atoms with Gasteiger partial charge < -0.3 is 134 Å². The molecule has 0 aliphatic carbocycles. The molecule has 115 heavy (non-hydrogen) atoms. The van der Waals surface area contributed by atoms with E-state index in [1.54, 1.807) is 6.92 Å². The molecule has 7 aliphatic rings. The van der Waals surface area contributed by atoms with Crippen LogP contribution in [0.2, 0.25) is 10.0 Å². The highest BCUT2D eigenvalue weighted by Crippen LogP contribution is 2.50. The lowest BCUT2D eigenvalue weighted by molar-refractivity contribution is -0.331. The van der Waals surface area contributed by atoms with E-state index in [-0.39, 0.29) is 64.4 Å². The van der Waals surface area contributed by atoms with E-state index in [0.29, 0.717) is 6.54 Å². The van der Waals surface area contributed by atoms with Crippen LogP contribution in [0.5, 0.6) is 46.0 Å². The molecule has 37 heteroatoms. The zero-order valence-electron chi connectivity index (χ0n) is 63.9. The van der Waals surface area contributed by atoms with Crippen molar-refractivity contribution in [3.63, 3.8) is 0 Å². The highest BCUT2D eigenvalue weighted by atomic mass is 35.5. The number of phenols is 3. The number of nitrogens with two attached hydrogens (primary N) is 2. The molecule has 22 N–H and O–H groups in total. The van der Waals surface area contributed by atoms with Crippen LogP contribution in [0.4, 0.5) is 0 Å². The molecule has 0 unspecified atom stereocenters. The molecular weight excluding hydrogens is 1550 g/mol. The third-order valence-corrected chi connectivity index (χ3v) is 21.4. The number of fused-ring (bicyclic) bond motifs is 15. The number of phenolic OH excluding ortho intramolecular Hbond substituents is 3. The summed E-state index contributed by atoms with van der Waals surface area (Å²) < 4.78 is 39.5. The maximum absolute atomic E-state index is 16.2. The summed E-state index contributed by atoms with van der Waals surface area (Å²) in [6.07, 6.45) is -9.98. The van der Waals surface area contributed by atoms with Gasteiger partial charge in [0.15, 0.2) is 29.9 Å². The lowest BCUT2D eigenvalue weighted by Crippen LogP contribution is -2.66. The standard InChI is InChI=1S/C78H99Cl2N11O24/c1-7-8-9-10-11-12-13-14-21-84-55(96)33-85-78(5)31-56(110-35(4)69(78)101)114-68-66(100)65(99)53(32-81)113-77(68)115-67-51-26-39-27-52(67)112-50-20-17-38(25-44(50)80)64(98)62-75(107)89-60(76(108)109)42-28-40(92)29-48(94)57(42)41-23-36(15-18-47(41)93)58(72(104)91-62)88-73(105)59(39)87-71(103)46(30-54(82)95)86-74(106)61(90-70(102)45(83-6)22-34(2)3)63(97)37-16-19-49(111-51)43(79)24-37/h15-20,23-29,34-35,45-46,53,56,58-66,68-69,77,83,85,92-94,97-101H,7-14,21-22,30-33,81H2,1-6H3,(H2,82,95)(H,84,96)(H,86,106)(H,87,103)(H,88,105)(H,89,107)(H,90,102)(H,91,104)(H,108,109)/t35-,45+,46-,53+,56-,58+,59+,60-,61+,62-,63+,64+,65+,66-,68+,69+,77-,78-/m0/s1. The topological polar surface area (TPSA) is 551 Å². The highest BCUT2D eigenvalue weighted by molar-refractivity contribution is 6.32. The van der Waals surface area contributed by atoms with Crippen LogP contribution in [0.15, 0.2) is 78.9 Å². The van der Waals surface area contributed by atoms with Gasteiger partial charge in [0.25, 0.3) is 0 Å². The minimum Gasteiger partial charge on any atom is -0.508 e. The van der Waals surface area contributed by atoms with Crippen LogP contribution in [0.1, 0.15) is 163 Å². The van der Waals surface area contributed by atoms with Crippen LogP contribution in [0.3, 0.4) is 0 Å². The normalized spacial score (nSPS) is 27.2. The van der Waals surface area contributed by atoms with Crippen molar-refractivity contribution in [1.82, 2.24) is 47.9 Å². The average molecular weight is 1650 g/mol. The summed E-state index contributed by atoms with van der Waals surface area (Å²) in [5.74, 6) is -16.3. The molecule has 624 valence electrons. The van der Waals surface area contributed by atoms with Crippen LogP contribution < -0.4 is 73.5 Å². The van der Waals surface area contributed by atoms with Gasteiger partial charge >= 0.3 is 5.97 Å². The summed E-state index contributed by atoms with van der Waals surface area (Å²) in [6, 6.07) is -0.538.